The van der Waals surface area contributed by atoms with Crippen molar-refractivity contribution in [3.05, 3.63) is 34.9 Å². The van der Waals surface area contributed by atoms with Gasteiger partial charge >= 0.3 is 0 Å². The fourth-order valence-corrected chi connectivity index (χ4v) is 1.73. The number of amides is 1. The summed E-state index contributed by atoms with van der Waals surface area (Å²) in [6.45, 7) is 6.18. The molecule has 0 bridgehead atoms. The fourth-order valence-electron chi connectivity index (χ4n) is 1.73. The molecule has 0 heterocycles. The van der Waals surface area contributed by atoms with Crippen molar-refractivity contribution in [3.63, 3.8) is 0 Å². The first kappa shape index (κ1) is 11.8. The normalized spacial score (nSPS) is 27.7. The Balaban J connectivity index is 3.13. The highest BCUT2D eigenvalue weighted by Gasteiger charge is 2.12. The number of rotatable bonds is 1. The minimum Gasteiger partial charge on any atom is -0.366 e. The lowest BCUT2D eigenvalue weighted by atomic mass is 9.93. The molecule has 0 radical (unpaired) electrons. The van der Waals surface area contributed by atoms with Crippen molar-refractivity contribution >= 4 is 5.91 Å². The van der Waals surface area contributed by atoms with Crippen molar-refractivity contribution in [2.75, 3.05) is 0 Å². The number of allylic oxidation sites excluding steroid dienone is 4. The van der Waals surface area contributed by atoms with Crippen molar-refractivity contribution in [1.82, 2.24) is 0 Å². The Bertz CT molecular complexity index is 348. The van der Waals surface area contributed by atoms with E-state index in [1.807, 2.05) is 26.0 Å². The molecule has 0 saturated heterocycles. The van der Waals surface area contributed by atoms with Crippen LogP contribution in [0.3, 0.4) is 0 Å². The maximum atomic E-state index is 11.3. The first-order chi connectivity index (χ1) is 7.02. The average molecular weight is 205 g/mol. The third kappa shape index (κ3) is 3.08. The highest BCUT2D eigenvalue weighted by atomic mass is 16.1. The van der Waals surface area contributed by atoms with Crippen molar-refractivity contribution in [2.45, 2.75) is 33.6 Å². The van der Waals surface area contributed by atoms with Gasteiger partial charge in [0.2, 0.25) is 5.91 Å². The molecule has 0 fully saturated rings. The predicted octanol–water partition coefficient (Wildman–Crippen LogP) is 2.72. The summed E-state index contributed by atoms with van der Waals surface area (Å²) in [7, 11) is 0. The Morgan fingerprint density at radius 2 is 2.07 bits per heavy atom. The number of carbonyl (C=O) groups excluding carboxylic acids is 1. The second-order valence-corrected chi connectivity index (χ2v) is 4.22. The van der Waals surface area contributed by atoms with Crippen molar-refractivity contribution in [1.29, 1.82) is 0 Å². The lowest BCUT2D eigenvalue weighted by molar-refractivity contribution is -0.114. The molecule has 1 atom stereocenters. The molecule has 0 aromatic heterocycles. The quantitative estimate of drug-likeness (QED) is 0.702. The van der Waals surface area contributed by atoms with Crippen molar-refractivity contribution in [3.8, 4) is 0 Å². The summed E-state index contributed by atoms with van der Waals surface area (Å²) in [5, 5.41) is 0. The molecular formula is C13H19NO. The number of primary amides is 1. The Kier molecular flexibility index (Phi) is 3.89. The van der Waals surface area contributed by atoms with Gasteiger partial charge in [0.1, 0.15) is 0 Å². The fraction of sp³-hybridized carbons (Fsp3) is 0.462. The molecule has 0 saturated carbocycles. The zero-order valence-corrected chi connectivity index (χ0v) is 9.71. The Labute approximate surface area is 91.5 Å². The molecule has 1 aliphatic rings. The van der Waals surface area contributed by atoms with E-state index in [2.05, 4.69) is 13.0 Å². The van der Waals surface area contributed by atoms with E-state index in [9.17, 15) is 4.79 Å². The van der Waals surface area contributed by atoms with E-state index in [0.29, 0.717) is 11.5 Å². The third-order valence-electron chi connectivity index (χ3n) is 3.01. The molecule has 15 heavy (non-hydrogen) atoms. The van der Waals surface area contributed by atoms with Crippen LogP contribution >= 0.6 is 0 Å². The number of hydrogen-bond donors (Lipinski definition) is 1. The van der Waals surface area contributed by atoms with Gasteiger partial charge in [-0.1, -0.05) is 30.2 Å². The molecule has 1 amide bonds. The molecule has 0 aromatic carbocycles. The van der Waals surface area contributed by atoms with Gasteiger partial charge < -0.3 is 5.73 Å². The number of hydrogen-bond acceptors (Lipinski definition) is 1. The standard InChI is InChI=1S/C13H19NO/c1-9-5-4-6-10(2)11(3)12(8-7-9)13(14)15/h5,7-8,10H,4,6H2,1-3H3,(H2,14,15)/b8-7?,9-5?,12-11-. The van der Waals surface area contributed by atoms with Gasteiger partial charge in [-0.3, -0.25) is 4.79 Å². The molecule has 2 N–H and O–H groups in total. The van der Waals surface area contributed by atoms with Crippen LogP contribution in [0.1, 0.15) is 33.6 Å². The minimum absolute atomic E-state index is 0.328. The maximum absolute atomic E-state index is 11.3. The van der Waals surface area contributed by atoms with E-state index in [1.54, 1.807) is 0 Å². The molecule has 1 aliphatic carbocycles. The van der Waals surface area contributed by atoms with Crippen LogP contribution in [-0.2, 0) is 4.79 Å². The second kappa shape index (κ2) is 4.96. The van der Waals surface area contributed by atoms with Crippen LogP contribution in [-0.4, -0.2) is 5.91 Å². The zero-order chi connectivity index (χ0) is 11.4. The summed E-state index contributed by atoms with van der Waals surface area (Å²) >= 11 is 0. The zero-order valence-electron chi connectivity index (χ0n) is 9.71. The van der Waals surface area contributed by atoms with Gasteiger partial charge in [0.25, 0.3) is 0 Å². The molecule has 2 heteroatoms. The first-order valence-corrected chi connectivity index (χ1v) is 5.37. The van der Waals surface area contributed by atoms with Crippen LogP contribution in [0, 0.1) is 5.92 Å². The van der Waals surface area contributed by atoms with E-state index >= 15 is 0 Å². The van der Waals surface area contributed by atoms with E-state index in [1.165, 1.54) is 5.57 Å². The molecule has 0 aromatic rings. The second-order valence-electron chi connectivity index (χ2n) is 4.22. The largest absolute Gasteiger partial charge is 0.366 e. The van der Waals surface area contributed by atoms with Gasteiger partial charge in [-0.15, -0.1) is 0 Å². The van der Waals surface area contributed by atoms with E-state index in [0.717, 1.165) is 18.4 Å². The summed E-state index contributed by atoms with van der Waals surface area (Å²) in [6.07, 6.45) is 8.12. The molecular weight excluding hydrogens is 186 g/mol. The average Bonchev–Trinajstić information content (AvgIpc) is 2.21. The molecule has 1 rings (SSSR count). The molecule has 1 unspecified atom stereocenters. The van der Waals surface area contributed by atoms with E-state index < -0.39 is 0 Å². The SMILES string of the molecule is CC1=CCCC(C)/C(C)=C(\C(N)=O)C=C1. The third-order valence-corrected chi connectivity index (χ3v) is 3.01. The minimum atomic E-state index is -0.328. The lowest BCUT2D eigenvalue weighted by Crippen LogP contribution is -2.16. The van der Waals surface area contributed by atoms with Crippen molar-refractivity contribution in [2.24, 2.45) is 11.7 Å². The van der Waals surface area contributed by atoms with Gasteiger partial charge in [0.05, 0.1) is 0 Å². The molecule has 0 aliphatic heterocycles. The van der Waals surface area contributed by atoms with Gasteiger partial charge in [-0.05, 0) is 38.7 Å². The van der Waals surface area contributed by atoms with Crippen LogP contribution in [0.5, 0.6) is 0 Å². The molecule has 2 nitrogen and oxygen atoms in total. The highest BCUT2D eigenvalue weighted by molar-refractivity contribution is 5.95. The summed E-state index contributed by atoms with van der Waals surface area (Å²) < 4.78 is 0. The van der Waals surface area contributed by atoms with Crippen LogP contribution in [0.2, 0.25) is 0 Å². The number of carbonyl (C=O) groups is 1. The monoisotopic (exact) mass is 205 g/mol. The predicted molar refractivity (Wildman–Crippen MR) is 63.2 cm³/mol. The Hall–Kier alpha value is -1.31. The summed E-state index contributed by atoms with van der Waals surface area (Å²) in [6, 6.07) is 0. The smallest absolute Gasteiger partial charge is 0.248 e. The molecule has 0 spiro atoms. The summed E-state index contributed by atoms with van der Waals surface area (Å²) in [5.41, 5.74) is 8.32. The first-order valence-electron chi connectivity index (χ1n) is 5.37. The highest BCUT2D eigenvalue weighted by Crippen LogP contribution is 2.23. The summed E-state index contributed by atoms with van der Waals surface area (Å²) in [4.78, 5) is 11.3. The van der Waals surface area contributed by atoms with Crippen molar-refractivity contribution < 1.29 is 4.79 Å². The molecule has 82 valence electrons. The Morgan fingerprint density at radius 1 is 1.40 bits per heavy atom. The van der Waals surface area contributed by atoms with E-state index in [4.69, 9.17) is 5.73 Å². The number of nitrogens with two attached hydrogens (primary N) is 1. The van der Waals surface area contributed by atoms with Gasteiger partial charge in [-0.2, -0.15) is 0 Å². The van der Waals surface area contributed by atoms with Gasteiger partial charge in [0.15, 0.2) is 0 Å². The lowest BCUT2D eigenvalue weighted by Gasteiger charge is -2.12. The maximum Gasteiger partial charge on any atom is 0.248 e. The van der Waals surface area contributed by atoms with E-state index in [-0.39, 0.29) is 5.91 Å². The van der Waals surface area contributed by atoms with Crippen LogP contribution < -0.4 is 5.73 Å². The van der Waals surface area contributed by atoms with Gasteiger partial charge in [0, 0.05) is 5.57 Å². The Morgan fingerprint density at radius 3 is 2.67 bits per heavy atom. The van der Waals surface area contributed by atoms with Gasteiger partial charge in [-0.25, -0.2) is 0 Å². The van der Waals surface area contributed by atoms with Crippen LogP contribution in [0.15, 0.2) is 34.9 Å². The summed E-state index contributed by atoms with van der Waals surface area (Å²) in [5.74, 6) is 0.0876. The topological polar surface area (TPSA) is 43.1 Å². The van der Waals surface area contributed by atoms with Crippen LogP contribution in [0.4, 0.5) is 0 Å². The van der Waals surface area contributed by atoms with Crippen LogP contribution in [0.25, 0.3) is 0 Å².